The second-order valence-electron chi connectivity index (χ2n) is 8.40. The molecule has 5 rings (SSSR count). The van der Waals surface area contributed by atoms with Crippen molar-refractivity contribution in [1.29, 1.82) is 0 Å². The zero-order chi connectivity index (χ0) is 24.5. The van der Waals surface area contributed by atoms with Gasteiger partial charge in [-0.05, 0) is 73.5 Å². The van der Waals surface area contributed by atoms with Crippen LogP contribution in [0.5, 0.6) is 5.75 Å². The lowest BCUT2D eigenvalue weighted by atomic mass is 10.1. The number of hydrogen-bond donors (Lipinski definition) is 0. The van der Waals surface area contributed by atoms with Crippen LogP contribution in [-0.2, 0) is 11.2 Å². The van der Waals surface area contributed by atoms with Crippen LogP contribution in [0.3, 0.4) is 0 Å². The lowest BCUT2D eigenvalue weighted by Crippen LogP contribution is -2.27. The Labute approximate surface area is 206 Å². The molecule has 3 aromatic carbocycles. The fraction of sp³-hybridized carbons (Fsp3) is 0.143. The molecule has 176 valence electrons. The van der Waals surface area contributed by atoms with E-state index in [-0.39, 0.29) is 18.1 Å². The summed E-state index contributed by atoms with van der Waals surface area (Å²) in [6, 6.07) is 17.7. The molecule has 0 radical (unpaired) electrons. The van der Waals surface area contributed by atoms with Crippen molar-refractivity contribution in [3.8, 4) is 17.0 Å². The lowest BCUT2D eigenvalue weighted by Gasteiger charge is -2.21. The van der Waals surface area contributed by atoms with Gasteiger partial charge in [0.05, 0.1) is 31.2 Å². The van der Waals surface area contributed by atoms with Crippen molar-refractivity contribution in [2.45, 2.75) is 20.3 Å². The van der Waals surface area contributed by atoms with E-state index < -0.39 is 0 Å². The van der Waals surface area contributed by atoms with E-state index in [4.69, 9.17) is 14.1 Å². The van der Waals surface area contributed by atoms with Gasteiger partial charge in [-0.2, -0.15) is 0 Å². The predicted octanol–water partition coefficient (Wildman–Crippen LogP) is 7.23. The van der Waals surface area contributed by atoms with Crippen molar-refractivity contribution in [3.05, 3.63) is 94.8 Å². The van der Waals surface area contributed by atoms with E-state index in [1.165, 1.54) is 23.5 Å². The maximum absolute atomic E-state index is 13.8. The van der Waals surface area contributed by atoms with Crippen molar-refractivity contribution in [1.82, 2.24) is 4.98 Å². The van der Waals surface area contributed by atoms with Crippen molar-refractivity contribution in [3.63, 3.8) is 0 Å². The van der Waals surface area contributed by atoms with Crippen molar-refractivity contribution in [2.75, 3.05) is 12.0 Å². The molecule has 2 aromatic heterocycles. The molecule has 35 heavy (non-hydrogen) atoms. The molecule has 0 spiro atoms. The van der Waals surface area contributed by atoms with Gasteiger partial charge in [-0.15, -0.1) is 11.3 Å². The first-order valence-corrected chi connectivity index (χ1v) is 12.0. The minimum absolute atomic E-state index is 0.131. The van der Waals surface area contributed by atoms with Crippen LogP contribution in [0.15, 0.2) is 76.7 Å². The first-order chi connectivity index (χ1) is 16.9. The molecule has 0 saturated carbocycles. The Hall–Kier alpha value is -3.97. The SMILES string of the molecule is COc1ccc2c(CC(=O)N(c3cc(C)cc(C)c3)c3nc(-c4ccc(F)cc4)cs3)coc2c1. The second-order valence-corrected chi connectivity index (χ2v) is 9.23. The third-order valence-corrected chi connectivity index (χ3v) is 6.57. The maximum atomic E-state index is 13.8. The number of nitrogens with zero attached hydrogens (tertiary/aromatic N) is 2. The molecule has 5 aromatic rings. The van der Waals surface area contributed by atoms with E-state index in [0.717, 1.165) is 33.3 Å². The summed E-state index contributed by atoms with van der Waals surface area (Å²) in [5.41, 5.74) is 5.78. The highest BCUT2D eigenvalue weighted by molar-refractivity contribution is 7.14. The molecule has 0 atom stereocenters. The Balaban J connectivity index is 1.53. The highest BCUT2D eigenvalue weighted by Crippen LogP contribution is 2.35. The van der Waals surface area contributed by atoms with Crippen molar-refractivity contribution < 1.29 is 18.3 Å². The molecule has 0 fully saturated rings. The number of thiazole rings is 1. The number of carbonyl (C=O) groups is 1. The molecular formula is C28H23FN2O3S. The molecule has 5 nitrogen and oxygen atoms in total. The van der Waals surface area contributed by atoms with Gasteiger partial charge in [0, 0.05) is 28.0 Å². The lowest BCUT2D eigenvalue weighted by molar-refractivity contribution is -0.117. The van der Waals surface area contributed by atoms with Gasteiger partial charge in [-0.3, -0.25) is 9.69 Å². The Morgan fingerprint density at radius 3 is 2.51 bits per heavy atom. The van der Waals surface area contributed by atoms with Crippen LogP contribution < -0.4 is 9.64 Å². The number of furan rings is 1. The van der Waals surface area contributed by atoms with E-state index in [9.17, 15) is 9.18 Å². The number of hydrogen-bond acceptors (Lipinski definition) is 5. The van der Waals surface area contributed by atoms with Crippen LogP contribution in [0.25, 0.3) is 22.2 Å². The van der Waals surface area contributed by atoms with Gasteiger partial charge >= 0.3 is 0 Å². The van der Waals surface area contributed by atoms with Crippen LogP contribution in [0.2, 0.25) is 0 Å². The third-order valence-electron chi connectivity index (χ3n) is 5.74. The summed E-state index contributed by atoms with van der Waals surface area (Å²) in [4.78, 5) is 20.2. The zero-order valence-electron chi connectivity index (χ0n) is 19.5. The van der Waals surface area contributed by atoms with Crippen LogP contribution in [0, 0.1) is 19.7 Å². The summed E-state index contributed by atoms with van der Waals surface area (Å²) in [5.74, 6) is 0.257. The van der Waals surface area contributed by atoms with Gasteiger partial charge in [0.1, 0.15) is 17.1 Å². The fourth-order valence-electron chi connectivity index (χ4n) is 4.13. The van der Waals surface area contributed by atoms with E-state index in [2.05, 4.69) is 6.07 Å². The molecule has 0 saturated heterocycles. The van der Waals surface area contributed by atoms with E-state index in [1.54, 1.807) is 36.5 Å². The highest BCUT2D eigenvalue weighted by atomic mass is 32.1. The second kappa shape index (κ2) is 9.35. The molecule has 0 aliphatic heterocycles. The Kier molecular flexibility index (Phi) is 6.09. The average molecular weight is 487 g/mol. The predicted molar refractivity (Wildman–Crippen MR) is 137 cm³/mol. The highest BCUT2D eigenvalue weighted by Gasteiger charge is 2.24. The van der Waals surface area contributed by atoms with Crippen LogP contribution in [-0.4, -0.2) is 18.0 Å². The van der Waals surface area contributed by atoms with Crippen molar-refractivity contribution in [2.24, 2.45) is 0 Å². The quantitative estimate of drug-likeness (QED) is 0.254. The molecule has 7 heteroatoms. The molecule has 2 heterocycles. The molecule has 0 N–H and O–H groups in total. The third kappa shape index (κ3) is 4.68. The molecular weight excluding hydrogens is 463 g/mol. The molecule has 0 aliphatic carbocycles. The van der Waals surface area contributed by atoms with E-state index in [0.29, 0.717) is 22.2 Å². The van der Waals surface area contributed by atoms with Gasteiger partial charge in [0.15, 0.2) is 5.13 Å². The van der Waals surface area contributed by atoms with Crippen LogP contribution in [0.4, 0.5) is 15.2 Å². The minimum atomic E-state index is -0.304. The van der Waals surface area contributed by atoms with Gasteiger partial charge in [-0.1, -0.05) is 6.07 Å². The molecule has 0 aliphatic rings. The summed E-state index contributed by atoms with van der Waals surface area (Å²) in [6.45, 7) is 4.00. The van der Waals surface area contributed by atoms with E-state index >= 15 is 0 Å². The summed E-state index contributed by atoms with van der Waals surface area (Å²) in [7, 11) is 1.60. The minimum Gasteiger partial charge on any atom is -0.497 e. The fourth-order valence-corrected chi connectivity index (χ4v) is 5.00. The zero-order valence-corrected chi connectivity index (χ0v) is 20.4. The standard InChI is InChI=1S/C28H23FN2O3S/c1-17-10-18(2)12-22(11-17)31(28-30-25(16-35-28)19-4-6-21(29)7-5-19)27(32)13-20-15-34-26-14-23(33-3)8-9-24(20)26/h4-12,14-16H,13H2,1-3H3. The molecule has 0 unspecified atom stereocenters. The van der Waals surface area contributed by atoms with Gasteiger partial charge in [0.2, 0.25) is 5.91 Å². The van der Waals surface area contributed by atoms with E-state index in [1.807, 2.05) is 43.5 Å². The number of aromatic nitrogens is 1. The number of fused-ring (bicyclic) bond motifs is 1. The summed E-state index contributed by atoms with van der Waals surface area (Å²) in [5, 5.41) is 3.30. The van der Waals surface area contributed by atoms with Crippen LogP contribution in [0.1, 0.15) is 16.7 Å². The van der Waals surface area contributed by atoms with Gasteiger partial charge in [-0.25, -0.2) is 9.37 Å². The number of rotatable bonds is 6. The van der Waals surface area contributed by atoms with Crippen molar-refractivity contribution >= 4 is 39.0 Å². The Bertz CT molecular complexity index is 1500. The number of amides is 1. The number of anilines is 2. The first kappa shape index (κ1) is 22.8. The largest absolute Gasteiger partial charge is 0.497 e. The number of ether oxygens (including phenoxy) is 1. The number of aryl methyl sites for hydroxylation is 2. The normalized spacial score (nSPS) is 11.1. The Morgan fingerprint density at radius 2 is 1.80 bits per heavy atom. The topological polar surface area (TPSA) is 55.6 Å². The van der Waals surface area contributed by atoms with Gasteiger partial charge < -0.3 is 9.15 Å². The summed E-state index contributed by atoms with van der Waals surface area (Å²) < 4.78 is 24.4. The monoisotopic (exact) mass is 486 g/mol. The first-order valence-electron chi connectivity index (χ1n) is 11.1. The smallest absolute Gasteiger partial charge is 0.237 e. The summed E-state index contributed by atoms with van der Waals surface area (Å²) >= 11 is 1.37. The molecule has 0 bridgehead atoms. The number of carbonyl (C=O) groups excluding carboxylic acids is 1. The number of halogens is 1. The van der Waals surface area contributed by atoms with Crippen LogP contribution >= 0.6 is 11.3 Å². The maximum Gasteiger partial charge on any atom is 0.237 e. The number of methoxy groups -OCH3 is 1. The summed E-state index contributed by atoms with van der Waals surface area (Å²) in [6.07, 6.45) is 1.76. The molecule has 1 amide bonds. The van der Waals surface area contributed by atoms with Gasteiger partial charge in [0.25, 0.3) is 0 Å². The Morgan fingerprint density at radius 1 is 1.06 bits per heavy atom. The average Bonchev–Trinajstić information content (AvgIpc) is 3.46. The number of benzene rings is 3.